The predicted octanol–water partition coefficient (Wildman–Crippen LogP) is 2.48. The summed E-state index contributed by atoms with van der Waals surface area (Å²) < 4.78 is 5.50. The van der Waals surface area contributed by atoms with Crippen molar-refractivity contribution in [3.05, 3.63) is 12.4 Å². The van der Waals surface area contributed by atoms with Gasteiger partial charge in [-0.3, -0.25) is 4.98 Å². The molecule has 1 aromatic rings. The van der Waals surface area contributed by atoms with Crippen molar-refractivity contribution in [2.45, 2.75) is 31.7 Å². The van der Waals surface area contributed by atoms with Gasteiger partial charge in [0.05, 0.1) is 18.5 Å². The van der Waals surface area contributed by atoms with Crippen molar-refractivity contribution in [2.75, 3.05) is 18.5 Å². The van der Waals surface area contributed by atoms with Gasteiger partial charge in [-0.15, -0.1) is 0 Å². The molecule has 0 aliphatic heterocycles. The molecule has 0 fully saturated rings. The molecule has 16 heavy (non-hydrogen) atoms. The maximum Gasteiger partial charge on any atom is 0.234 e. The Bertz CT molecular complexity index is 331. The molecule has 0 bridgehead atoms. The minimum Gasteiger partial charge on any atom is -0.474 e. The summed E-state index contributed by atoms with van der Waals surface area (Å²) in [6.07, 6.45) is 3.49. The Morgan fingerprint density at radius 3 is 2.62 bits per heavy atom. The lowest BCUT2D eigenvalue weighted by atomic mass is 10.4. The van der Waals surface area contributed by atoms with E-state index in [-0.39, 0.29) is 6.10 Å². The lowest BCUT2D eigenvalue weighted by Gasteiger charge is -2.19. The molecule has 0 amide bonds. The highest BCUT2D eigenvalue weighted by Crippen LogP contribution is 2.15. The fourth-order valence-electron chi connectivity index (χ4n) is 1.29. The van der Waals surface area contributed by atoms with Gasteiger partial charge in [-0.2, -0.15) is 4.98 Å². The zero-order valence-corrected chi connectivity index (χ0v) is 11.7. The highest BCUT2D eigenvalue weighted by Gasteiger charge is 2.08. The van der Waals surface area contributed by atoms with E-state index in [2.05, 4.69) is 32.8 Å². The number of hydrogen-bond acceptors (Lipinski definition) is 4. The first-order chi connectivity index (χ1) is 7.49. The van der Waals surface area contributed by atoms with Crippen LogP contribution in [-0.2, 0) is 0 Å². The summed E-state index contributed by atoms with van der Waals surface area (Å²) in [5.41, 5.74) is 0. The van der Waals surface area contributed by atoms with Crippen molar-refractivity contribution in [1.82, 2.24) is 9.97 Å². The van der Waals surface area contributed by atoms with E-state index in [4.69, 9.17) is 4.74 Å². The first kappa shape index (κ1) is 13.2. The standard InChI is InChI=1S/C11H18BrN3O/c1-8(2)16-11-6-13-5-10(14-11)15(4)7-9(3)12/h5-6,8-9H,7H2,1-4H3. The van der Waals surface area contributed by atoms with Gasteiger partial charge >= 0.3 is 0 Å². The molecule has 1 heterocycles. The van der Waals surface area contributed by atoms with Gasteiger partial charge in [0.2, 0.25) is 5.88 Å². The third-order valence-electron chi connectivity index (χ3n) is 1.87. The molecule has 1 atom stereocenters. The molecule has 1 unspecified atom stereocenters. The molecule has 5 heteroatoms. The first-order valence-corrected chi connectivity index (χ1v) is 6.24. The van der Waals surface area contributed by atoms with Crippen molar-refractivity contribution in [2.24, 2.45) is 0 Å². The van der Waals surface area contributed by atoms with Crippen LogP contribution >= 0.6 is 15.9 Å². The van der Waals surface area contributed by atoms with Crippen LogP contribution in [0.4, 0.5) is 5.82 Å². The predicted molar refractivity (Wildman–Crippen MR) is 69.5 cm³/mol. The SMILES string of the molecule is CC(Br)CN(C)c1cncc(OC(C)C)n1. The van der Waals surface area contributed by atoms with Crippen LogP contribution in [-0.4, -0.2) is 34.5 Å². The van der Waals surface area contributed by atoms with Gasteiger partial charge < -0.3 is 9.64 Å². The second-order valence-electron chi connectivity index (χ2n) is 4.04. The van der Waals surface area contributed by atoms with Crippen LogP contribution in [0.3, 0.4) is 0 Å². The van der Waals surface area contributed by atoms with Crippen LogP contribution in [0.25, 0.3) is 0 Å². The normalized spacial score (nSPS) is 12.6. The number of ether oxygens (including phenoxy) is 1. The third-order valence-corrected chi connectivity index (χ3v) is 2.16. The first-order valence-electron chi connectivity index (χ1n) is 5.33. The van der Waals surface area contributed by atoms with E-state index in [1.54, 1.807) is 12.4 Å². The maximum atomic E-state index is 5.50. The molecule has 4 nitrogen and oxygen atoms in total. The van der Waals surface area contributed by atoms with Crippen molar-refractivity contribution in [3.63, 3.8) is 0 Å². The van der Waals surface area contributed by atoms with Crippen LogP contribution in [0, 0.1) is 0 Å². The largest absolute Gasteiger partial charge is 0.474 e. The quantitative estimate of drug-likeness (QED) is 0.780. The van der Waals surface area contributed by atoms with Gasteiger partial charge in [-0.05, 0) is 13.8 Å². The van der Waals surface area contributed by atoms with Crippen LogP contribution in [0.2, 0.25) is 0 Å². The number of aromatic nitrogens is 2. The summed E-state index contributed by atoms with van der Waals surface area (Å²) in [4.78, 5) is 11.0. The van der Waals surface area contributed by atoms with E-state index in [0.29, 0.717) is 10.7 Å². The Kier molecular flexibility index (Phi) is 4.99. The summed E-state index contributed by atoms with van der Waals surface area (Å²) in [6, 6.07) is 0. The number of hydrogen-bond donors (Lipinski definition) is 0. The molecular weight excluding hydrogens is 270 g/mol. The van der Waals surface area contributed by atoms with Crippen LogP contribution in [0.5, 0.6) is 5.88 Å². The van der Waals surface area contributed by atoms with E-state index in [1.807, 2.05) is 25.8 Å². The monoisotopic (exact) mass is 287 g/mol. The van der Waals surface area contributed by atoms with Gasteiger partial charge in [0.1, 0.15) is 0 Å². The molecular formula is C11H18BrN3O. The second-order valence-corrected chi connectivity index (χ2v) is 5.61. The molecule has 0 aliphatic carbocycles. The zero-order chi connectivity index (χ0) is 12.1. The number of nitrogens with zero attached hydrogens (tertiary/aromatic N) is 3. The van der Waals surface area contributed by atoms with E-state index in [0.717, 1.165) is 12.4 Å². The summed E-state index contributed by atoms with van der Waals surface area (Å²) in [5, 5.41) is 0. The molecule has 0 saturated heterocycles. The van der Waals surface area contributed by atoms with E-state index in [1.165, 1.54) is 0 Å². The van der Waals surface area contributed by atoms with Gasteiger partial charge in [0, 0.05) is 18.4 Å². The smallest absolute Gasteiger partial charge is 0.234 e. The molecule has 0 aromatic carbocycles. The zero-order valence-electron chi connectivity index (χ0n) is 10.1. The number of alkyl halides is 1. The van der Waals surface area contributed by atoms with E-state index in [9.17, 15) is 0 Å². The van der Waals surface area contributed by atoms with Crippen molar-refractivity contribution < 1.29 is 4.74 Å². The summed E-state index contributed by atoms with van der Waals surface area (Å²) in [6.45, 7) is 6.91. The van der Waals surface area contributed by atoms with Crippen LogP contribution < -0.4 is 9.64 Å². The Morgan fingerprint density at radius 2 is 2.06 bits per heavy atom. The van der Waals surface area contributed by atoms with Crippen molar-refractivity contribution in [3.8, 4) is 5.88 Å². The lowest BCUT2D eigenvalue weighted by molar-refractivity contribution is 0.231. The summed E-state index contributed by atoms with van der Waals surface area (Å²) in [7, 11) is 1.99. The van der Waals surface area contributed by atoms with Crippen LogP contribution in [0.15, 0.2) is 12.4 Å². The average molecular weight is 288 g/mol. The molecule has 0 radical (unpaired) electrons. The number of rotatable bonds is 5. The maximum absolute atomic E-state index is 5.50. The molecule has 0 saturated carbocycles. The van der Waals surface area contributed by atoms with E-state index < -0.39 is 0 Å². The highest BCUT2D eigenvalue weighted by molar-refractivity contribution is 9.09. The minimum absolute atomic E-state index is 0.116. The Morgan fingerprint density at radius 1 is 1.38 bits per heavy atom. The van der Waals surface area contributed by atoms with Crippen molar-refractivity contribution in [1.29, 1.82) is 0 Å². The van der Waals surface area contributed by atoms with E-state index >= 15 is 0 Å². The fourth-order valence-corrected chi connectivity index (χ4v) is 1.73. The minimum atomic E-state index is 0.116. The van der Waals surface area contributed by atoms with Crippen LogP contribution in [0.1, 0.15) is 20.8 Å². The lowest BCUT2D eigenvalue weighted by Crippen LogP contribution is -2.25. The van der Waals surface area contributed by atoms with Gasteiger partial charge in [0.15, 0.2) is 5.82 Å². The van der Waals surface area contributed by atoms with Gasteiger partial charge in [0.25, 0.3) is 0 Å². The number of halogens is 1. The van der Waals surface area contributed by atoms with Gasteiger partial charge in [-0.1, -0.05) is 22.9 Å². The highest BCUT2D eigenvalue weighted by atomic mass is 79.9. The molecule has 1 aromatic heterocycles. The summed E-state index contributed by atoms with van der Waals surface area (Å²) >= 11 is 3.51. The van der Waals surface area contributed by atoms with Crippen molar-refractivity contribution >= 4 is 21.7 Å². The van der Waals surface area contributed by atoms with Gasteiger partial charge in [-0.25, -0.2) is 0 Å². The molecule has 0 aliphatic rings. The summed E-state index contributed by atoms with van der Waals surface area (Å²) in [5.74, 6) is 1.39. The Balaban J connectivity index is 2.73. The third kappa shape index (κ3) is 4.35. The Labute approximate surface area is 105 Å². The fraction of sp³-hybridized carbons (Fsp3) is 0.636. The number of anilines is 1. The second kappa shape index (κ2) is 6.03. The topological polar surface area (TPSA) is 38.2 Å². The molecule has 0 N–H and O–H groups in total. The Hall–Kier alpha value is -0.840. The molecule has 90 valence electrons. The molecule has 1 rings (SSSR count). The average Bonchev–Trinajstić information content (AvgIpc) is 2.16. The molecule has 0 spiro atoms.